The third kappa shape index (κ3) is 6.91. The lowest BCUT2D eigenvalue weighted by Crippen LogP contribution is -2.43. The predicted octanol–water partition coefficient (Wildman–Crippen LogP) is 3.69. The Bertz CT molecular complexity index is 1430. The maximum Gasteiger partial charge on any atom is 0.240 e. The van der Waals surface area contributed by atoms with Crippen molar-refractivity contribution in [2.45, 2.75) is 42.7 Å². The van der Waals surface area contributed by atoms with E-state index in [4.69, 9.17) is 9.47 Å². The van der Waals surface area contributed by atoms with Crippen LogP contribution in [0.15, 0.2) is 59.6 Å². The first-order valence-electron chi connectivity index (χ1n) is 13.1. The second-order valence-corrected chi connectivity index (χ2v) is 11.6. The third-order valence-electron chi connectivity index (χ3n) is 6.97. The Morgan fingerprint density at radius 2 is 1.79 bits per heavy atom. The van der Waals surface area contributed by atoms with Gasteiger partial charge in [0.15, 0.2) is 0 Å². The SMILES string of the molecule is CN1CCC(NS(=O)(=O)c2ccc(Nc3nccc(-c4ccc(OC5CCOCC5)c(C#N)c4)n3)cc2)CC1. The van der Waals surface area contributed by atoms with Gasteiger partial charge in [-0.25, -0.2) is 23.1 Å². The molecule has 10 nitrogen and oxygen atoms in total. The van der Waals surface area contributed by atoms with Gasteiger partial charge >= 0.3 is 0 Å². The maximum absolute atomic E-state index is 12.8. The van der Waals surface area contributed by atoms with E-state index >= 15 is 0 Å². The number of ether oxygens (including phenoxy) is 2. The first-order chi connectivity index (χ1) is 18.9. The number of piperidine rings is 1. The van der Waals surface area contributed by atoms with Gasteiger partial charge in [0.25, 0.3) is 0 Å². The molecule has 2 N–H and O–H groups in total. The van der Waals surface area contributed by atoms with Crippen LogP contribution in [0.1, 0.15) is 31.2 Å². The Labute approximate surface area is 229 Å². The zero-order valence-corrected chi connectivity index (χ0v) is 22.7. The summed E-state index contributed by atoms with van der Waals surface area (Å²) in [6.07, 6.45) is 4.87. The van der Waals surface area contributed by atoms with Gasteiger partial charge in [-0.1, -0.05) is 0 Å². The average Bonchev–Trinajstić information content (AvgIpc) is 2.95. The summed E-state index contributed by atoms with van der Waals surface area (Å²) in [6, 6.07) is 15.9. The van der Waals surface area contributed by atoms with Crippen LogP contribution in [0.2, 0.25) is 0 Å². The van der Waals surface area contributed by atoms with E-state index in [0.29, 0.717) is 41.9 Å². The van der Waals surface area contributed by atoms with Gasteiger partial charge in [0.2, 0.25) is 16.0 Å². The van der Waals surface area contributed by atoms with E-state index < -0.39 is 10.0 Å². The fourth-order valence-electron chi connectivity index (χ4n) is 4.69. The Kier molecular flexibility index (Phi) is 8.38. The fourth-order valence-corrected chi connectivity index (χ4v) is 6.00. The van der Waals surface area contributed by atoms with E-state index in [2.05, 4.69) is 31.0 Å². The lowest BCUT2D eigenvalue weighted by molar-refractivity contribution is 0.0254. The van der Waals surface area contributed by atoms with Crippen LogP contribution in [0.25, 0.3) is 11.3 Å². The van der Waals surface area contributed by atoms with E-state index in [1.54, 1.807) is 48.7 Å². The summed E-state index contributed by atoms with van der Waals surface area (Å²) in [7, 11) is -1.56. The van der Waals surface area contributed by atoms with Crippen molar-refractivity contribution < 1.29 is 17.9 Å². The lowest BCUT2D eigenvalue weighted by atomic mass is 10.1. The van der Waals surface area contributed by atoms with Crippen molar-refractivity contribution in [1.29, 1.82) is 5.26 Å². The maximum atomic E-state index is 12.8. The smallest absolute Gasteiger partial charge is 0.240 e. The molecule has 3 heterocycles. The predicted molar refractivity (Wildman–Crippen MR) is 147 cm³/mol. The minimum atomic E-state index is -3.60. The van der Waals surface area contributed by atoms with Crippen LogP contribution in [0.3, 0.4) is 0 Å². The molecule has 3 aromatic rings. The van der Waals surface area contributed by atoms with Gasteiger partial charge in [-0.2, -0.15) is 5.26 Å². The molecule has 2 aliphatic rings. The quantitative estimate of drug-likeness (QED) is 0.433. The van der Waals surface area contributed by atoms with Crippen molar-refractivity contribution in [3.05, 3.63) is 60.3 Å². The van der Waals surface area contributed by atoms with E-state index in [1.807, 2.05) is 13.1 Å². The van der Waals surface area contributed by atoms with E-state index in [1.165, 1.54) is 0 Å². The van der Waals surface area contributed by atoms with Crippen LogP contribution >= 0.6 is 0 Å². The first-order valence-corrected chi connectivity index (χ1v) is 14.6. The van der Waals surface area contributed by atoms with Gasteiger partial charge in [0, 0.05) is 36.3 Å². The molecular formula is C28H32N6O4S. The molecule has 0 bridgehead atoms. The highest BCUT2D eigenvalue weighted by atomic mass is 32.2. The highest BCUT2D eigenvalue weighted by molar-refractivity contribution is 7.89. The van der Waals surface area contributed by atoms with Gasteiger partial charge in [0.05, 0.1) is 29.4 Å². The van der Waals surface area contributed by atoms with Gasteiger partial charge in [-0.3, -0.25) is 0 Å². The van der Waals surface area contributed by atoms with Crippen LogP contribution in [-0.2, 0) is 14.8 Å². The molecule has 1 aromatic heterocycles. The molecule has 11 heteroatoms. The van der Waals surface area contributed by atoms with Gasteiger partial charge in [0.1, 0.15) is 17.9 Å². The molecule has 5 rings (SSSR count). The number of anilines is 2. The molecular weight excluding hydrogens is 516 g/mol. The summed E-state index contributed by atoms with van der Waals surface area (Å²) in [5, 5.41) is 12.8. The summed E-state index contributed by atoms with van der Waals surface area (Å²) < 4.78 is 39.9. The van der Waals surface area contributed by atoms with Gasteiger partial charge < -0.3 is 19.7 Å². The number of likely N-dealkylation sites (tertiary alicyclic amines) is 1. The van der Waals surface area contributed by atoms with E-state index in [-0.39, 0.29) is 17.0 Å². The van der Waals surface area contributed by atoms with Crippen LogP contribution < -0.4 is 14.8 Å². The van der Waals surface area contributed by atoms with Crippen LogP contribution in [0, 0.1) is 11.3 Å². The molecule has 0 amide bonds. The normalized spacial score (nSPS) is 17.4. The Hall–Kier alpha value is -3.56. The van der Waals surface area contributed by atoms with Crippen molar-refractivity contribution in [1.82, 2.24) is 19.6 Å². The number of nitriles is 1. The second-order valence-electron chi connectivity index (χ2n) is 9.87. The fraction of sp³-hybridized carbons (Fsp3) is 0.393. The number of aromatic nitrogens is 2. The summed E-state index contributed by atoms with van der Waals surface area (Å²) in [5.74, 6) is 0.912. The average molecular weight is 549 g/mol. The molecule has 0 atom stereocenters. The molecule has 2 aliphatic heterocycles. The van der Waals surface area contributed by atoms with E-state index in [0.717, 1.165) is 44.3 Å². The van der Waals surface area contributed by atoms with Crippen LogP contribution in [0.5, 0.6) is 5.75 Å². The third-order valence-corrected chi connectivity index (χ3v) is 8.51. The highest BCUT2D eigenvalue weighted by Gasteiger charge is 2.23. The van der Waals surface area contributed by atoms with Crippen LogP contribution in [0.4, 0.5) is 11.6 Å². The van der Waals surface area contributed by atoms with Crippen molar-refractivity contribution in [3.63, 3.8) is 0 Å². The van der Waals surface area contributed by atoms with Gasteiger partial charge in [-0.05, 0) is 81.5 Å². The Morgan fingerprint density at radius 1 is 1.05 bits per heavy atom. The highest BCUT2D eigenvalue weighted by Crippen LogP contribution is 2.28. The number of nitrogens with one attached hydrogen (secondary N) is 2. The van der Waals surface area contributed by atoms with Gasteiger partial charge in [-0.15, -0.1) is 0 Å². The topological polar surface area (TPSA) is 129 Å². The number of hydrogen-bond acceptors (Lipinski definition) is 9. The first kappa shape index (κ1) is 27.0. The van der Waals surface area contributed by atoms with Crippen LogP contribution in [-0.4, -0.2) is 68.8 Å². The molecule has 0 unspecified atom stereocenters. The Morgan fingerprint density at radius 3 is 2.51 bits per heavy atom. The number of rotatable bonds is 8. The Balaban J connectivity index is 1.25. The molecule has 204 valence electrons. The second kappa shape index (κ2) is 12.1. The van der Waals surface area contributed by atoms with Crippen molar-refractivity contribution in [2.24, 2.45) is 0 Å². The number of sulfonamides is 1. The number of hydrogen-bond donors (Lipinski definition) is 2. The summed E-state index contributed by atoms with van der Waals surface area (Å²) in [6.45, 7) is 3.08. The summed E-state index contributed by atoms with van der Waals surface area (Å²) in [5.41, 5.74) is 2.50. The molecule has 2 aromatic carbocycles. The largest absolute Gasteiger partial charge is 0.489 e. The molecule has 39 heavy (non-hydrogen) atoms. The minimum Gasteiger partial charge on any atom is -0.489 e. The number of benzene rings is 2. The van der Waals surface area contributed by atoms with Crippen molar-refractivity contribution in [2.75, 3.05) is 38.7 Å². The molecule has 0 saturated carbocycles. The summed E-state index contributed by atoms with van der Waals surface area (Å²) >= 11 is 0. The molecule has 0 spiro atoms. The molecule has 0 aliphatic carbocycles. The van der Waals surface area contributed by atoms with E-state index in [9.17, 15) is 13.7 Å². The number of nitrogens with zero attached hydrogens (tertiary/aromatic N) is 4. The zero-order valence-electron chi connectivity index (χ0n) is 21.8. The molecule has 2 fully saturated rings. The van der Waals surface area contributed by atoms with Crippen molar-refractivity contribution in [3.8, 4) is 23.1 Å². The minimum absolute atomic E-state index is 0.0398. The lowest BCUT2D eigenvalue weighted by Gasteiger charge is -2.29. The molecule has 2 saturated heterocycles. The summed E-state index contributed by atoms with van der Waals surface area (Å²) in [4.78, 5) is 11.3. The molecule has 0 radical (unpaired) electrons. The van der Waals surface area contributed by atoms with Crippen molar-refractivity contribution >= 4 is 21.7 Å². The monoisotopic (exact) mass is 548 g/mol. The zero-order chi connectivity index (χ0) is 27.2. The standard InChI is InChI=1S/C28H32N6O4S/c1-34-14-9-23(10-15-34)33-39(35,36)25-5-3-22(4-6-25)31-28-30-13-8-26(32-28)20-2-7-27(21(18-20)19-29)38-24-11-16-37-17-12-24/h2-8,13,18,23-24,33H,9-12,14-17H2,1H3,(H,30,31,32).